The number of amides is 2. The minimum absolute atomic E-state index is 0.167. The number of anilines is 1. The van der Waals surface area contributed by atoms with E-state index in [0.717, 1.165) is 16.9 Å². The Morgan fingerprint density at radius 1 is 1.54 bits per heavy atom. The molecule has 4 rings (SSSR count). The Hall–Kier alpha value is -1.78. The first-order valence-corrected chi connectivity index (χ1v) is 10.2. The summed E-state index contributed by atoms with van der Waals surface area (Å²) in [6.07, 6.45) is 3.20. The number of hydrogen-bond donors (Lipinski definition) is 1. The third-order valence-electron chi connectivity index (χ3n) is 4.91. The Labute approximate surface area is 159 Å². The third kappa shape index (κ3) is 3.17. The van der Waals surface area contributed by atoms with Crippen LogP contribution in [0.15, 0.2) is 32.4 Å². The van der Waals surface area contributed by atoms with Gasteiger partial charge in [-0.2, -0.15) is 5.11 Å². The van der Waals surface area contributed by atoms with Gasteiger partial charge in [0.25, 0.3) is 5.91 Å². The summed E-state index contributed by atoms with van der Waals surface area (Å²) in [4.78, 5) is 30.3. The topological polar surface area (TPSA) is 96.2 Å². The van der Waals surface area contributed by atoms with Crippen LogP contribution in [0.1, 0.15) is 26.7 Å². The predicted molar refractivity (Wildman–Crippen MR) is 98.5 cm³/mol. The van der Waals surface area contributed by atoms with Crippen molar-refractivity contribution in [3.8, 4) is 0 Å². The summed E-state index contributed by atoms with van der Waals surface area (Å²) in [6.45, 7) is 4.51. The maximum atomic E-state index is 13.0. The summed E-state index contributed by atoms with van der Waals surface area (Å²) < 4.78 is 5.97. The molecule has 3 atom stereocenters. The highest BCUT2D eigenvalue weighted by Gasteiger charge is 2.49. The Morgan fingerprint density at radius 2 is 2.38 bits per heavy atom. The molecule has 0 radical (unpaired) electrons. The second kappa shape index (κ2) is 6.75. The lowest BCUT2D eigenvalue weighted by Crippen LogP contribution is -2.44. The molecule has 4 heterocycles. The van der Waals surface area contributed by atoms with Gasteiger partial charge in [-0.3, -0.25) is 9.59 Å². The minimum atomic E-state index is -0.352. The SMILES string of the molecule is CC[C@@]1(C)CC2=C(CO1)S[C@@H]1N=NN(CC(=O)Nc3nccs3)C(=O)[C@H]21. The quantitative estimate of drug-likeness (QED) is 0.848. The fourth-order valence-corrected chi connectivity index (χ4v) is 5.08. The van der Waals surface area contributed by atoms with E-state index < -0.39 is 0 Å². The number of fused-ring (bicyclic) bond motifs is 2. The fourth-order valence-electron chi connectivity index (χ4n) is 3.26. The van der Waals surface area contributed by atoms with Crippen molar-refractivity contribution in [3.05, 3.63) is 22.1 Å². The summed E-state index contributed by atoms with van der Waals surface area (Å²) >= 11 is 2.88. The number of rotatable bonds is 4. The van der Waals surface area contributed by atoms with E-state index >= 15 is 0 Å². The molecule has 138 valence electrons. The van der Waals surface area contributed by atoms with Crippen LogP contribution in [0.3, 0.4) is 0 Å². The van der Waals surface area contributed by atoms with E-state index in [4.69, 9.17) is 4.74 Å². The van der Waals surface area contributed by atoms with E-state index in [9.17, 15) is 9.59 Å². The molecule has 10 heteroatoms. The molecule has 0 saturated heterocycles. The molecular formula is C16H19N5O3S2. The summed E-state index contributed by atoms with van der Waals surface area (Å²) in [5.41, 5.74) is 0.848. The predicted octanol–water partition coefficient (Wildman–Crippen LogP) is 2.82. The number of carbonyl (C=O) groups is 2. The Balaban J connectivity index is 1.48. The van der Waals surface area contributed by atoms with Crippen LogP contribution in [0.4, 0.5) is 5.13 Å². The van der Waals surface area contributed by atoms with Crippen molar-refractivity contribution in [1.29, 1.82) is 0 Å². The summed E-state index contributed by atoms with van der Waals surface area (Å²) in [6, 6.07) is 0. The van der Waals surface area contributed by atoms with Gasteiger partial charge in [0.15, 0.2) is 5.13 Å². The van der Waals surface area contributed by atoms with E-state index in [1.54, 1.807) is 23.3 Å². The second-order valence-electron chi connectivity index (χ2n) is 6.69. The maximum Gasteiger partial charge on any atom is 0.254 e. The van der Waals surface area contributed by atoms with Gasteiger partial charge in [-0.15, -0.1) is 11.3 Å². The van der Waals surface area contributed by atoms with Gasteiger partial charge in [-0.1, -0.05) is 23.9 Å². The van der Waals surface area contributed by atoms with Gasteiger partial charge < -0.3 is 10.1 Å². The number of thiazole rings is 1. The number of aromatic nitrogens is 1. The van der Waals surface area contributed by atoms with Crippen molar-refractivity contribution in [2.24, 2.45) is 16.3 Å². The molecule has 3 aliphatic heterocycles. The van der Waals surface area contributed by atoms with Gasteiger partial charge in [0.1, 0.15) is 11.9 Å². The number of thioether (sulfide) groups is 1. The molecule has 0 fully saturated rings. The van der Waals surface area contributed by atoms with Gasteiger partial charge in [0.05, 0.1) is 18.1 Å². The summed E-state index contributed by atoms with van der Waals surface area (Å²) in [5, 5.41) is 14.1. The highest BCUT2D eigenvalue weighted by molar-refractivity contribution is 8.04. The molecule has 0 spiro atoms. The van der Waals surface area contributed by atoms with Gasteiger partial charge in [-0.05, 0) is 25.3 Å². The van der Waals surface area contributed by atoms with Crippen LogP contribution in [0, 0.1) is 5.92 Å². The molecule has 0 unspecified atom stereocenters. The van der Waals surface area contributed by atoms with E-state index in [-0.39, 0.29) is 35.3 Å². The van der Waals surface area contributed by atoms with Crippen molar-refractivity contribution in [3.63, 3.8) is 0 Å². The Morgan fingerprint density at radius 3 is 3.12 bits per heavy atom. The van der Waals surface area contributed by atoms with Crippen molar-refractivity contribution < 1.29 is 14.3 Å². The highest BCUT2D eigenvalue weighted by Crippen LogP contribution is 2.51. The van der Waals surface area contributed by atoms with E-state index in [2.05, 4.69) is 34.5 Å². The molecule has 1 N–H and O–H groups in total. The van der Waals surface area contributed by atoms with Crippen molar-refractivity contribution in [2.75, 3.05) is 18.5 Å². The molecule has 0 saturated carbocycles. The summed E-state index contributed by atoms with van der Waals surface area (Å²) in [7, 11) is 0. The molecule has 1 aromatic heterocycles. The van der Waals surface area contributed by atoms with E-state index in [0.29, 0.717) is 18.2 Å². The molecule has 26 heavy (non-hydrogen) atoms. The molecule has 0 aliphatic carbocycles. The van der Waals surface area contributed by atoms with Gasteiger partial charge in [0.2, 0.25) is 5.91 Å². The van der Waals surface area contributed by atoms with Crippen LogP contribution in [-0.4, -0.2) is 45.9 Å². The van der Waals surface area contributed by atoms with Crippen LogP contribution in [0.25, 0.3) is 0 Å². The molecule has 8 nitrogen and oxygen atoms in total. The minimum Gasteiger partial charge on any atom is -0.370 e. The van der Waals surface area contributed by atoms with Gasteiger partial charge >= 0.3 is 0 Å². The van der Waals surface area contributed by atoms with E-state index in [1.165, 1.54) is 16.3 Å². The molecule has 1 aromatic rings. The smallest absolute Gasteiger partial charge is 0.254 e. The number of carbonyl (C=O) groups excluding carboxylic acids is 2. The van der Waals surface area contributed by atoms with Crippen LogP contribution in [-0.2, 0) is 14.3 Å². The fraction of sp³-hybridized carbons (Fsp3) is 0.562. The van der Waals surface area contributed by atoms with Crippen LogP contribution in [0.2, 0.25) is 0 Å². The zero-order chi connectivity index (χ0) is 18.3. The third-order valence-corrected chi connectivity index (χ3v) is 6.87. The van der Waals surface area contributed by atoms with Crippen LogP contribution < -0.4 is 5.32 Å². The zero-order valence-corrected chi connectivity index (χ0v) is 16.1. The lowest BCUT2D eigenvalue weighted by molar-refractivity contribution is -0.139. The lowest BCUT2D eigenvalue weighted by Gasteiger charge is -2.35. The van der Waals surface area contributed by atoms with Crippen LogP contribution in [0.5, 0.6) is 0 Å². The molecule has 3 aliphatic rings. The molecule has 0 aromatic carbocycles. The average Bonchev–Trinajstić information content (AvgIpc) is 3.24. The van der Waals surface area contributed by atoms with Gasteiger partial charge in [0, 0.05) is 16.5 Å². The molecule has 2 amide bonds. The van der Waals surface area contributed by atoms with Crippen molar-refractivity contribution in [2.45, 2.75) is 37.7 Å². The lowest BCUT2D eigenvalue weighted by atomic mass is 9.84. The van der Waals surface area contributed by atoms with Gasteiger partial charge in [-0.25, -0.2) is 9.99 Å². The van der Waals surface area contributed by atoms with E-state index in [1.807, 2.05) is 0 Å². The molecule has 0 bridgehead atoms. The number of nitrogens with one attached hydrogen (secondary N) is 1. The maximum absolute atomic E-state index is 13.0. The number of ether oxygens (including phenoxy) is 1. The second-order valence-corrected chi connectivity index (χ2v) is 8.80. The van der Waals surface area contributed by atoms with Crippen molar-refractivity contribution >= 4 is 40.0 Å². The normalized spacial score (nSPS) is 30.4. The number of nitrogens with zero attached hydrogens (tertiary/aromatic N) is 4. The van der Waals surface area contributed by atoms with Crippen LogP contribution >= 0.6 is 23.1 Å². The standard InChI is InChI=1S/C16H19N5O3S2/c1-3-16(2)6-9-10(8-24-16)26-13-12(9)14(23)21(20-19-13)7-11(22)18-15-17-4-5-25-15/h4-5,12-13H,3,6-8H2,1-2H3,(H,17,18,22)/t12-,13+,16+/m1/s1. The number of hydrogen-bond acceptors (Lipinski definition) is 8. The Kier molecular flexibility index (Phi) is 4.57. The zero-order valence-electron chi connectivity index (χ0n) is 14.5. The largest absolute Gasteiger partial charge is 0.370 e. The first kappa shape index (κ1) is 17.6. The first-order valence-electron chi connectivity index (χ1n) is 8.43. The van der Waals surface area contributed by atoms with Crippen molar-refractivity contribution in [1.82, 2.24) is 9.99 Å². The summed E-state index contributed by atoms with van der Waals surface area (Å²) in [5.74, 6) is -0.858. The first-order chi connectivity index (χ1) is 12.5. The average molecular weight is 393 g/mol. The Bertz CT molecular complexity index is 794. The monoisotopic (exact) mass is 393 g/mol. The molecular weight excluding hydrogens is 374 g/mol. The highest BCUT2D eigenvalue weighted by atomic mass is 32.2.